The number of aliphatic carboxylic acids is 1. The van der Waals surface area contributed by atoms with Crippen LogP contribution in [0.2, 0.25) is 0 Å². The van der Waals surface area contributed by atoms with E-state index in [0.717, 1.165) is 4.90 Å². The Kier molecular flexibility index (Phi) is 3.24. The Bertz CT molecular complexity index is 539. The fraction of sp³-hybridized carbons (Fsp3) is 0.455. The molecule has 0 bridgehead atoms. The van der Waals surface area contributed by atoms with Gasteiger partial charge in [-0.15, -0.1) is 0 Å². The quantitative estimate of drug-likeness (QED) is 0.724. The number of likely N-dealkylation sites (N-methyl/N-ethyl adjacent to an activating group) is 1. The van der Waals surface area contributed by atoms with Gasteiger partial charge in [-0.05, 0) is 0 Å². The lowest BCUT2D eigenvalue weighted by Crippen LogP contribution is -2.59. The van der Waals surface area contributed by atoms with Crippen molar-refractivity contribution >= 4 is 17.8 Å². The number of rotatable bonds is 2. The van der Waals surface area contributed by atoms with Crippen LogP contribution in [-0.4, -0.2) is 68.4 Å². The molecule has 1 aromatic heterocycles. The third-order valence-corrected chi connectivity index (χ3v) is 3.02. The van der Waals surface area contributed by atoms with Crippen LogP contribution in [0.5, 0.6) is 0 Å². The van der Waals surface area contributed by atoms with Crippen LogP contribution in [0.25, 0.3) is 0 Å². The smallest absolute Gasteiger partial charge is 0.328 e. The number of carbonyl (C=O) groups is 3. The molecule has 2 rings (SSSR count). The second kappa shape index (κ2) is 4.71. The van der Waals surface area contributed by atoms with E-state index in [1.807, 2.05) is 0 Å². The molecule has 19 heavy (non-hydrogen) atoms. The average Bonchev–Trinajstić information content (AvgIpc) is 2.77. The van der Waals surface area contributed by atoms with Crippen molar-refractivity contribution in [2.24, 2.45) is 7.05 Å². The zero-order valence-corrected chi connectivity index (χ0v) is 10.6. The number of carboxylic acid groups (broad SMARTS) is 1. The molecule has 1 atom stereocenters. The van der Waals surface area contributed by atoms with E-state index in [4.69, 9.17) is 5.11 Å². The zero-order chi connectivity index (χ0) is 14.2. The molecule has 1 fully saturated rings. The van der Waals surface area contributed by atoms with E-state index in [0.29, 0.717) is 0 Å². The summed E-state index contributed by atoms with van der Waals surface area (Å²) in [6.45, 7) is -0.268. The number of aromatic nitrogens is 2. The van der Waals surface area contributed by atoms with Gasteiger partial charge in [0, 0.05) is 20.3 Å². The van der Waals surface area contributed by atoms with Crippen molar-refractivity contribution in [1.82, 2.24) is 19.4 Å². The normalized spacial score (nSPS) is 19.7. The van der Waals surface area contributed by atoms with E-state index in [2.05, 4.69) is 4.98 Å². The Morgan fingerprint density at radius 1 is 1.42 bits per heavy atom. The number of piperazine rings is 1. The molecule has 8 heteroatoms. The largest absolute Gasteiger partial charge is 0.480 e. The predicted molar refractivity (Wildman–Crippen MR) is 63.3 cm³/mol. The first-order chi connectivity index (χ1) is 8.90. The summed E-state index contributed by atoms with van der Waals surface area (Å²) in [6.07, 6.45) is 2.94. The highest BCUT2D eigenvalue weighted by Crippen LogP contribution is 2.13. The summed E-state index contributed by atoms with van der Waals surface area (Å²) in [7, 11) is 3.22. The highest BCUT2D eigenvalue weighted by molar-refractivity contribution is 5.98. The summed E-state index contributed by atoms with van der Waals surface area (Å²) in [4.78, 5) is 41.3. The van der Waals surface area contributed by atoms with Crippen LogP contribution in [0.3, 0.4) is 0 Å². The van der Waals surface area contributed by atoms with Crippen molar-refractivity contribution < 1.29 is 19.5 Å². The molecule has 1 aliphatic heterocycles. The molecule has 1 aliphatic rings. The van der Waals surface area contributed by atoms with Crippen LogP contribution in [-0.2, 0) is 16.6 Å². The van der Waals surface area contributed by atoms with Crippen molar-refractivity contribution in [1.29, 1.82) is 0 Å². The lowest BCUT2D eigenvalue weighted by molar-refractivity contribution is -0.149. The SMILES string of the molecule is CN1CC(C(=O)O)N(C(=O)c2cn(C)cn2)CC1=O. The molecule has 1 N–H and O–H groups in total. The molecule has 0 saturated carbocycles. The molecule has 1 saturated heterocycles. The van der Waals surface area contributed by atoms with E-state index >= 15 is 0 Å². The number of carboxylic acids is 1. The second-order valence-corrected chi connectivity index (χ2v) is 4.49. The van der Waals surface area contributed by atoms with Gasteiger partial charge in [0.15, 0.2) is 0 Å². The first kappa shape index (κ1) is 13.1. The van der Waals surface area contributed by atoms with E-state index in [1.165, 1.54) is 24.5 Å². The number of imidazole rings is 1. The fourth-order valence-corrected chi connectivity index (χ4v) is 1.93. The third kappa shape index (κ3) is 2.42. The molecule has 2 amide bonds. The number of amides is 2. The van der Waals surface area contributed by atoms with Gasteiger partial charge >= 0.3 is 5.97 Å². The number of hydrogen-bond donors (Lipinski definition) is 1. The molecule has 0 spiro atoms. The fourth-order valence-electron chi connectivity index (χ4n) is 1.93. The molecule has 0 aromatic carbocycles. The zero-order valence-electron chi connectivity index (χ0n) is 10.6. The number of hydrogen-bond acceptors (Lipinski definition) is 4. The Hall–Kier alpha value is -2.38. The molecule has 1 aromatic rings. The molecule has 1 unspecified atom stereocenters. The monoisotopic (exact) mass is 266 g/mol. The Morgan fingerprint density at radius 3 is 2.63 bits per heavy atom. The molecule has 2 heterocycles. The lowest BCUT2D eigenvalue weighted by atomic mass is 10.1. The third-order valence-electron chi connectivity index (χ3n) is 3.02. The van der Waals surface area contributed by atoms with Crippen LogP contribution in [0.1, 0.15) is 10.5 Å². The first-order valence-corrected chi connectivity index (χ1v) is 5.66. The Labute approximate surface area is 109 Å². The number of carbonyl (C=O) groups excluding carboxylic acids is 2. The molecule has 0 radical (unpaired) electrons. The van der Waals surface area contributed by atoms with Crippen molar-refractivity contribution in [3.8, 4) is 0 Å². The Morgan fingerprint density at radius 2 is 2.11 bits per heavy atom. The summed E-state index contributed by atoms with van der Waals surface area (Å²) in [6, 6.07) is -1.04. The number of aryl methyl sites for hydroxylation is 1. The summed E-state index contributed by atoms with van der Waals surface area (Å²) in [5, 5.41) is 9.16. The van der Waals surface area contributed by atoms with Gasteiger partial charge in [-0.2, -0.15) is 0 Å². The molecular formula is C11H14N4O4. The highest BCUT2D eigenvalue weighted by atomic mass is 16.4. The number of nitrogens with zero attached hydrogens (tertiary/aromatic N) is 4. The van der Waals surface area contributed by atoms with E-state index in [9.17, 15) is 14.4 Å². The lowest BCUT2D eigenvalue weighted by Gasteiger charge is -2.36. The molecular weight excluding hydrogens is 252 g/mol. The minimum atomic E-state index is -1.14. The maximum Gasteiger partial charge on any atom is 0.328 e. The average molecular weight is 266 g/mol. The maximum atomic E-state index is 12.2. The van der Waals surface area contributed by atoms with Crippen LogP contribution in [0.15, 0.2) is 12.5 Å². The Balaban J connectivity index is 2.27. The van der Waals surface area contributed by atoms with Gasteiger partial charge in [0.1, 0.15) is 18.3 Å². The highest BCUT2D eigenvalue weighted by Gasteiger charge is 2.38. The topological polar surface area (TPSA) is 95.7 Å². The van der Waals surface area contributed by atoms with Crippen molar-refractivity contribution in [2.45, 2.75) is 6.04 Å². The van der Waals surface area contributed by atoms with Crippen LogP contribution >= 0.6 is 0 Å². The molecule has 102 valence electrons. The van der Waals surface area contributed by atoms with E-state index in [-0.39, 0.29) is 24.7 Å². The van der Waals surface area contributed by atoms with Gasteiger partial charge in [0.25, 0.3) is 5.91 Å². The predicted octanol–water partition coefficient (Wildman–Crippen LogP) is -1.21. The first-order valence-electron chi connectivity index (χ1n) is 5.66. The molecule has 0 aliphatic carbocycles. The van der Waals surface area contributed by atoms with Crippen LogP contribution < -0.4 is 0 Å². The maximum absolute atomic E-state index is 12.2. The van der Waals surface area contributed by atoms with Crippen LogP contribution in [0.4, 0.5) is 0 Å². The van der Waals surface area contributed by atoms with E-state index in [1.54, 1.807) is 11.6 Å². The standard InChI is InChI=1S/C11H14N4O4/c1-13-3-7(12-6-13)10(17)15-5-9(16)14(2)4-8(15)11(18)19/h3,6,8H,4-5H2,1-2H3,(H,18,19). The minimum Gasteiger partial charge on any atom is -0.480 e. The van der Waals surface area contributed by atoms with Gasteiger partial charge in [-0.3, -0.25) is 9.59 Å². The summed E-state index contributed by atoms with van der Waals surface area (Å²) < 4.78 is 1.58. The van der Waals surface area contributed by atoms with Gasteiger partial charge in [0.05, 0.1) is 12.9 Å². The summed E-state index contributed by atoms with van der Waals surface area (Å²) in [5.41, 5.74) is 0.131. The second-order valence-electron chi connectivity index (χ2n) is 4.49. The van der Waals surface area contributed by atoms with Gasteiger partial charge in [-0.1, -0.05) is 0 Å². The summed E-state index contributed by atoms with van der Waals surface area (Å²) >= 11 is 0. The van der Waals surface area contributed by atoms with Crippen molar-refractivity contribution in [3.63, 3.8) is 0 Å². The van der Waals surface area contributed by atoms with Gasteiger partial charge < -0.3 is 19.5 Å². The summed E-state index contributed by atoms with van der Waals surface area (Å²) in [5.74, 6) is -1.97. The van der Waals surface area contributed by atoms with Gasteiger partial charge in [-0.25, -0.2) is 9.78 Å². The van der Waals surface area contributed by atoms with Gasteiger partial charge in [0.2, 0.25) is 5.91 Å². The minimum absolute atomic E-state index is 0.0211. The van der Waals surface area contributed by atoms with Crippen LogP contribution in [0, 0.1) is 0 Å². The van der Waals surface area contributed by atoms with Crippen molar-refractivity contribution in [2.75, 3.05) is 20.1 Å². The van der Waals surface area contributed by atoms with E-state index < -0.39 is 17.9 Å². The molecule has 8 nitrogen and oxygen atoms in total. The van der Waals surface area contributed by atoms with Crippen molar-refractivity contribution in [3.05, 3.63) is 18.2 Å².